The van der Waals surface area contributed by atoms with Crippen LogP contribution < -0.4 is 10.1 Å². The Morgan fingerprint density at radius 2 is 2.00 bits per heavy atom. The van der Waals surface area contributed by atoms with Crippen molar-refractivity contribution in [3.8, 4) is 5.75 Å². The van der Waals surface area contributed by atoms with Gasteiger partial charge in [0.05, 0.1) is 12.9 Å². The highest BCUT2D eigenvalue weighted by molar-refractivity contribution is 7.90. The van der Waals surface area contributed by atoms with Gasteiger partial charge in [-0.15, -0.1) is 0 Å². The van der Waals surface area contributed by atoms with Gasteiger partial charge in [-0.1, -0.05) is 6.07 Å². The third-order valence-electron chi connectivity index (χ3n) is 2.75. The summed E-state index contributed by atoms with van der Waals surface area (Å²) in [6.07, 6.45) is 1.18. The molecule has 19 heavy (non-hydrogen) atoms. The van der Waals surface area contributed by atoms with Crippen molar-refractivity contribution in [2.75, 3.05) is 19.1 Å². The Balaban J connectivity index is 2.86. The Labute approximate surface area is 113 Å². The van der Waals surface area contributed by atoms with Gasteiger partial charge in [0.15, 0.2) is 0 Å². The minimum Gasteiger partial charge on any atom is -0.496 e. The smallest absolute Gasteiger partial charge is 0.148 e. The minimum absolute atomic E-state index is 0.00804. The summed E-state index contributed by atoms with van der Waals surface area (Å²) in [6, 6.07) is 4.00. The zero-order valence-corrected chi connectivity index (χ0v) is 12.4. The van der Waals surface area contributed by atoms with Crippen LogP contribution in [0.3, 0.4) is 0 Å². The molecule has 0 aromatic heterocycles. The molecule has 0 saturated heterocycles. The average molecular weight is 289 g/mol. The Bertz CT molecular complexity index is 531. The van der Waals surface area contributed by atoms with Crippen molar-refractivity contribution in [2.45, 2.75) is 25.9 Å². The molecule has 0 saturated carbocycles. The lowest BCUT2D eigenvalue weighted by Crippen LogP contribution is -2.35. The molecular weight excluding hydrogens is 269 g/mol. The van der Waals surface area contributed by atoms with Crippen molar-refractivity contribution >= 4 is 9.84 Å². The van der Waals surface area contributed by atoms with Gasteiger partial charge in [0.25, 0.3) is 0 Å². The van der Waals surface area contributed by atoms with E-state index in [1.54, 1.807) is 26.0 Å². The Kier molecular flexibility index (Phi) is 5.31. The molecule has 2 atom stereocenters. The third-order valence-corrected chi connectivity index (χ3v) is 3.86. The van der Waals surface area contributed by atoms with E-state index in [0.717, 1.165) is 0 Å². The lowest BCUT2D eigenvalue weighted by Gasteiger charge is -2.22. The van der Waals surface area contributed by atoms with Gasteiger partial charge in [-0.3, -0.25) is 0 Å². The van der Waals surface area contributed by atoms with E-state index < -0.39 is 9.84 Å². The number of halogens is 1. The zero-order valence-electron chi connectivity index (χ0n) is 11.6. The first-order valence-electron chi connectivity index (χ1n) is 6.00. The highest BCUT2D eigenvalue weighted by atomic mass is 32.2. The van der Waals surface area contributed by atoms with Gasteiger partial charge in [-0.05, 0) is 26.0 Å². The molecule has 4 nitrogen and oxygen atoms in total. The fourth-order valence-electron chi connectivity index (χ4n) is 2.13. The maximum Gasteiger partial charge on any atom is 0.148 e. The SMILES string of the molecule is COc1cccc(F)c1C(C)NC(C)CS(C)(=O)=O. The summed E-state index contributed by atoms with van der Waals surface area (Å²) in [7, 11) is -1.59. The van der Waals surface area contributed by atoms with Gasteiger partial charge in [0.1, 0.15) is 21.4 Å². The fourth-order valence-corrected chi connectivity index (χ4v) is 3.13. The molecule has 6 heteroatoms. The zero-order chi connectivity index (χ0) is 14.6. The Hall–Kier alpha value is -1.14. The van der Waals surface area contributed by atoms with Gasteiger partial charge in [0.2, 0.25) is 0 Å². The van der Waals surface area contributed by atoms with Crippen molar-refractivity contribution in [1.82, 2.24) is 5.32 Å². The second kappa shape index (κ2) is 6.34. The largest absolute Gasteiger partial charge is 0.496 e. The molecule has 1 rings (SSSR count). The summed E-state index contributed by atoms with van der Waals surface area (Å²) in [5, 5.41) is 3.07. The summed E-state index contributed by atoms with van der Waals surface area (Å²) in [6.45, 7) is 3.53. The topological polar surface area (TPSA) is 55.4 Å². The number of ether oxygens (including phenoxy) is 1. The number of hydrogen-bond donors (Lipinski definition) is 1. The van der Waals surface area contributed by atoms with E-state index >= 15 is 0 Å². The van der Waals surface area contributed by atoms with Crippen LogP contribution in [-0.2, 0) is 9.84 Å². The summed E-state index contributed by atoms with van der Waals surface area (Å²) < 4.78 is 41.4. The highest BCUT2D eigenvalue weighted by Gasteiger charge is 2.19. The second-order valence-electron chi connectivity index (χ2n) is 4.74. The molecule has 1 N–H and O–H groups in total. The van der Waals surface area contributed by atoms with Crippen molar-refractivity contribution in [3.05, 3.63) is 29.6 Å². The number of benzene rings is 1. The highest BCUT2D eigenvalue weighted by Crippen LogP contribution is 2.27. The van der Waals surface area contributed by atoms with Gasteiger partial charge >= 0.3 is 0 Å². The van der Waals surface area contributed by atoms with E-state index in [4.69, 9.17) is 4.74 Å². The predicted molar refractivity (Wildman–Crippen MR) is 73.7 cm³/mol. The van der Waals surface area contributed by atoms with E-state index in [0.29, 0.717) is 11.3 Å². The Morgan fingerprint density at radius 1 is 1.37 bits per heavy atom. The molecule has 0 amide bonds. The first-order chi connectivity index (χ1) is 8.74. The lowest BCUT2D eigenvalue weighted by molar-refractivity contribution is 0.389. The maximum atomic E-state index is 13.8. The molecule has 0 aliphatic rings. The molecule has 0 bridgehead atoms. The molecule has 0 spiro atoms. The molecule has 1 aromatic rings. The predicted octanol–water partition coefficient (Wildman–Crippen LogP) is 1.92. The van der Waals surface area contributed by atoms with E-state index in [9.17, 15) is 12.8 Å². The van der Waals surface area contributed by atoms with Crippen LogP contribution in [0.15, 0.2) is 18.2 Å². The van der Waals surface area contributed by atoms with Crippen LogP contribution in [0.1, 0.15) is 25.5 Å². The van der Waals surface area contributed by atoms with Crippen molar-refractivity contribution in [2.24, 2.45) is 0 Å². The van der Waals surface area contributed by atoms with Crippen molar-refractivity contribution in [3.63, 3.8) is 0 Å². The van der Waals surface area contributed by atoms with Crippen LogP contribution in [0.4, 0.5) is 4.39 Å². The molecule has 0 aliphatic heterocycles. The fraction of sp³-hybridized carbons (Fsp3) is 0.538. The average Bonchev–Trinajstić information content (AvgIpc) is 2.25. The number of rotatable bonds is 6. The Morgan fingerprint density at radius 3 is 2.53 bits per heavy atom. The third kappa shape index (κ3) is 4.80. The van der Waals surface area contributed by atoms with Gasteiger partial charge < -0.3 is 10.1 Å². The molecule has 0 radical (unpaired) electrons. The molecule has 0 aliphatic carbocycles. The van der Waals surface area contributed by atoms with Crippen molar-refractivity contribution < 1.29 is 17.5 Å². The summed E-state index contributed by atoms with van der Waals surface area (Å²) in [4.78, 5) is 0. The van der Waals surface area contributed by atoms with Gasteiger partial charge in [-0.2, -0.15) is 0 Å². The number of hydrogen-bond acceptors (Lipinski definition) is 4. The normalized spacial score (nSPS) is 15.0. The van der Waals surface area contributed by atoms with E-state index in [2.05, 4.69) is 5.32 Å². The van der Waals surface area contributed by atoms with Crippen LogP contribution in [0, 0.1) is 5.82 Å². The molecule has 2 unspecified atom stereocenters. The van der Waals surface area contributed by atoms with Gasteiger partial charge in [-0.25, -0.2) is 12.8 Å². The minimum atomic E-state index is -3.06. The standard InChI is InChI=1S/C13H20FNO3S/c1-9(8-19(4,16)17)15-10(2)13-11(14)6-5-7-12(13)18-3/h5-7,9-10,15H,8H2,1-4H3. The number of methoxy groups -OCH3 is 1. The summed E-state index contributed by atoms with van der Waals surface area (Å²) >= 11 is 0. The van der Waals surface area contributed by atoms with Crippen LogP contribution in [0.25, 0.3) is 0 Å². The maximum absolute atomic E-state index is 13.8. The second-order valence-corrected chi connectivity index (χ2v) is 6.92. The van der Waals surface area contributed by atoms with Crippen LogP contribution in [-0.4, -0.2) is 33.6 Å². The van der Waals surface area contributed by atoms with Crippen molar-refractivity contribution in [1.29, 1.82) is 0 Å². The molecule has 108 valence electrons. The van der Waals surface area contributed by atoms with Crippen LogP contribution >= 0.6 is 0 Å². The van der Waals surface area contributed by atoms with Gasteiger partial charge in [0, 0.05) is 23.9 Å². The van der Waals surface area contributed by atoms with Crippen LogP contribution in [0.5, 0.6) is 5.75 Å². The molecule has 0 heterocycles. The lowest BCUT2D eigenvalue weighted by atomic mass is 10.1. The summed E-state index contributed by atoms with van der Waals surface area (Å²) in [5.74, 6) is 0.0890. The summed E-state index contributed by atoms with van der Waals surface area (Å²) in [5.41, 5.74) is 0.408. The van der Waals surface area contributed by atoms with E-state index in [-0.39, 0.29) is 23.7 Å². The number of sulfone groups is 1. The van der Waals surface area contributed by atoms with Crippen LogP contribution in [0.2, 0.25) is 0 Å². The quantitative estimate of drug-likeness (QED) is 0.869. The molecule has 0 fully saturated rings. The molecule has 1 aromatic carbocycles. The monoisotopic (exact) mass is 289 g/mol. The molecular formula is C13H20FNO3S. The number of nitrogens with one attached hydrogen (secondary N) is 1. The van der Waals surface area contributed by atoms with E-state index in [1.165, 1.54) is 19.4 Å². The first-order valence-corrected chi connectivity index (χ1v) is 8.07. The van der Waals surface area contributed by atoms with E-state index in [1.807, 2.05) is 0 Å². The first kappa shape index (κ1) is 15.9.